The van der Waals surface area contributed by atoms with E-state index in [-0.39, 0.29) is 6.04 Å². The summed E-state index contributed by atoms with van der Waals surface area (Å²) in [5.41, 5.74) is 4.56. The average Bonchev–Trinajstić information content (AvgIpc) is 2.62. The van der Waals surface area contributed by atoms with Crippen LogP contribution in [-0.2, 0) is 0 Å². The van der Waals surface area contributed by atoms with Gasteiger partial charge in [-0.1, -0.05) is 76.6 Å². The number of aliphatic imine (C=N–C) groups is 1. The fourth-order valence-corrected chi connectivity index (χ4v) is 3.13. The molecule has 1 heterocycles. The molecule has 3 aromatic rings. The molecule has 0 aromatic heterocycles. The van der Waals surface area contributed by atoms with E-state index < -0.39 is 0 Å². The molecule has 1 unspecified atom stereocenters. The molecule has 1 aliphatic rings. The molecule has 0 saturated carbocycles. The van der Waals surface area contributed by atoms with Gasteiger partial charge in [0.1, 0.15) is 5.84 Å². The van der Waals surface area contributed by atoms with Gasteiger partial charge in [-0.25, -0.2) is 4.99 Å². The van der Waals surface area contributed by atoms with Crippen molar-refractivity contribution in [1.29, 1.82) is 0 Å². The predicted octanol–water partition coefficient (Wildman–Crippen LogP) is 5.22. The highest BCUT2D eigenvalue weighted by Gasteiger charge is 2.23. The van der Waals surface area contributed by atoms with E-state index >= 15 is 0 Å². The first-order valence-corrected chi connectivity index (χ1v) is 8.35. The Labute approximate surface area is 144 Å². The van der Waals surface area contributed by atoms with Gasteiger partial charge in [-0.2, -0.15) is 0 Å². The number of hydrogen-bond donors (Lipinski definition) is 1. The van der Waals surface area contributed by atoms with Crippen LogP contribution in [0.2, 0.25) is 0 Å². The Morgan fingerprint density at radius 1 is 0.783 bits per heavy atom. The van der Waals surface area contributed by atoms with Gasteiger partial charge in [-0.05, 0) is 23.8 Å². The number of nitrogens with zero attached hydrogens (tertiary/aromatic N) is 1. The van der Waals surface area contributed by atoms with Crippen LogP contribution in [-0.4, -0.2) is 5.84 Å². The van der Waals surface area contributed by atoms with Crippen LogP contribution >= 0.6 is 15.9 Å². The molecule has 3 aromatic carbocycles. The molecule has 0 aliphatic carbocycles. The summed E-state index contributed by atoms with van der Waals surface area (Å²) in [5.74, 6) is 0.907. The Morgan fingerprint density at radius 2 is 1.48 bits per heavy atom. The van der Waals surface area contributed by atoms with Crippen molar-refractivity contribution in [2.45, 2.75) is 6.04 Å². The van der Waals surface area contributed by atoms with Crippen LogP contribution in [0.4, 0.5) is 5.69 Å². The van der Waals surface area contributed by atoms with Crippen molar-refractivity contribution < 1.29 is 0 Å². The zero-order valence-electron chi connectivity index (χ0n) is 12.4. The van der Waals surface area contributed by atoms with Crippen molar-refractivity contribution in [3.63, 3.8) is 0 Å². The Balaban J connectivity index is 1.82. The molecule has 0 fully saturated rings. The second-order valence-electron chi connectivity index (χ2n) is 5.51. The minimum atomic E-state index is 0.114. The van der Waals surface area contributed by atoms with Crippen molar-refractivity contribution in [2.24, 2.45) is 4.99 Å². The Morgan fingerprint density at radius 3 is 2.26 bits per heavy atom. The Hall–Kier alpha value is -2.39. The second-order valence-corrected chi connectivity index (χ2v) is 6.43. The monoisotopic (exact) mass is 362 g/mol. The molecule has 23 heavy (non-hydrogen) atoms. The summed E-state index contributed by atoms with van der Waals surface area (Å²) in [6.07, 6.45) is 0. The molecule has 1 atom stereocenters. The maximum Gasteiger partial charge on any atom is 0.134 e. The maximum atomic E-state index is 4.81. The summed E-state index contributed by atoms with van der Waals surface area (Å²) in [6, 6.07) is 27.2. The number of benzene rings is 3. The highest BCUT2D eigenvalue weighted by atomic mass is 79.9. The first-order valence-electron chi connectivity index (χ1n) is 7.56. The smallest absolute Gasteiger partial charge is 0.134 e. The van der Waals surface area contributed by atoms with E-state index in [0.717, 1.165) is 21.6 Å². The van der Waals surface area contributed by atoms with Crippen molar-refractivity contribution >= 4 is 27.5 Å². The first kappa shape index (κ1) is 14.2. The summed E-state index contributed by atoms with van der Waals surface area (Å²) >= 11 is 3.48. The average molecular weight is 363 g/mol. The molecule has 0 saturated heterocycles. The van der Waals surface area contributed by atoms with Gasteiger partial charge in [0.25, 0.3) is 0 Å². The van der Waals surface area contributed by atoms with Crippen LogP contribution in [0.3, 0.4) is 0 Å². The lowest BCUT2D eigenvalue weighted by atomic mass is 9.95. The van der Waals surface area contributed by atoms with Crippen LogP contribution in [0.1, 0.15) is 22.7 Å². The summed E-state index contributed by atoms with van der Waals surface area (Å²) in [5, 5.41) is 3.60. The zero-order valence-corrected chi connectivity index (χ0v) is 14.0. The van der Waals surface area contributed by atoms with Crippen LogP contribution in [0.5, 0.6) is 0 Å². The summed E-state index contributed by atoms with van der Waals surface area (Å²) in [7, 11) is 0. The van der Waals surface area contributed by atoms with Crippen LogP contribution in [0.15, 0.2) is 88.3 Å². The molecule has 4 rings (SSSR count). The molecule has 3 heteroatoms. The van der Waals surface area contributed by atoms with E-state index in [9.17, 15) is 0 Å². The molecule has 1 N–H and O–H groups in total. The summed E-state index contributed by atoms with van der Waals surface area (Å²) < 4.78 is 1.07. The van der Waals surface area contributed by atoms with Crippen LogP contribution < -0.4 is 5.32 Å². The third-order valence-electron chi connectivity index (χ3n) is 4.01. The molecule has 2 nitrogen and oxygen atoms in total. The van der Waals surface area contributed by atoms with Gasteiger partial charge in [-0.15, -0.1) is 0 Å². The minimum Gasteiger partial charge on any atom is -0.359 e. The third kappa shape index (κ3) is 2.80. The summed E-state index contributed by atoms with van der Waals surface area (Å²) in [6.45, 7) is 0. The molecular formula is C20H15BrN2. The van der Waals surface area contributed by atoms with Gasteiger partial charge < -0.3 is 5.32 Å². The van der Waals surface area contributed by atoms with Crippen LogP contribution in [0.25, 0.3) is 0 Å². The highest BCUT2D eigenvalue weighted by Crippen LogP contribution is 2.34. The number of para-hydroxylation sites is 1. The van der Waals surface area contributed by atoms with E-state index in [1.165, 1.54) is 11.1 Å². The number of fused-ring (bicyclic) bond motifs is 1. The zero-order chi connectivity index (χ0) is 15.6. The van der Waals surface area contributed by atoms with E-state index in [2.05, 4.69) is 75.8 Å². The number of hydrogen-bond acceptors (Lipinski definition) is 2. The van der Waals surface area contributed by atoms with E-state index in [1.54, 1.807) is 0 Å². The minimum absolute atomic E-state index is 0.114. The van der Waals surface area contributed by atoms with E-state index in [1.807, 2.05) is 24.3 Å². The lowest BCUT2D eigenvalue weighted by Crippen LogP contribution is -2.32. The number of halogens is 1. The van der Waals surface area contributed by atoms with Crippen molar-refractivity contribution in [2.75, 3.05) is 0 Å². The molecule has 0 radical (unpaired) electrons. The predicted molar refractivity (Wildman–Crippen MR) is 98.2 cm³/mol. The SMILES string of the molecule is Brc1ccc(C2=Nc3ccccc3C(c3ccccc3)N2)cc1. The highest BCUT2D eigenvalue weighted by molar-refractivity contribution is 9.10. The number of rotatable bonds is 2. The second kappa shape index (κ2) is 6.01. The van der Waals surface area contributed by atoms with Gasteiger partial charge in [0, 0.05) is 15.6 Å². The quantitative estimate of drug-likeness (QED) is 0.663. The number of amidine groups is 1. The molecule has 0 amide bonds. The van der Waals surface area contributed by atoms with Crippen molar-refractivity contribution in [1.82, 2.24) is 5.32 Å². The van der Waals surface area contributed by atoms with Crippen LogP contribution in [0, 0.1) is 0 Å². The van der Waals surface area contributed by atoms with Gasteiger partial charge in [0.05, 0.1) is 11.7 Å². The normalized spacial score (nSPS) is 16.2. The standard InChI is InChI=1S/C20H15BrN2/c21-16-12-10-15(11-13-16)20-22-18-9-5-4-8-17(18)19(23-20)14-6-2-1-3-7-14/h1-13,19H,(H,22,23). The van der Waals surface area contributed by atoms with Gasteiger partial charge in [0.15, 0.2) is 0 Å². The molecule has 112 valence electrons. The topological polar surface area (TPSA) is 24.4 Å². The maximum absolute atomic E-state index is 4.81. The van der Waals surface area contributed by atoms with Crippen molar-refractivity contribution in [3.05, 3.63) is 100 Å². The van der Waals surface area contributed by atoms with Gasteiger partial charge in [-0.3, -0.25) is 0 Å². The largest absolute Gasteiger partial charge is 0.359 e. The molecular weight excluding hydrogens is 348 g/mol. The van der Waals surface area contributed by atoms with Crippen molar-refractivity contribution in [3.8, 4) is 0 Å². The Kier molecular flexibility index (Phi) is 3.72. The van der Waals surface area contributed by atoms with Gasteiger partial charge in [0.2, 0.25) is 0 Å². The van der Waals surface area contributed by atoms with E-state index in [4.69, 9.17) is 4.99 Å². The summed E-state index contributed by atoms with van der Waals surface area (Å²) in [4.78, 5) is 4.81. The molecule has 1 aliphatic heterocycles. The fourth-order valence-electron chi connectivity index (χ4n) is 2.86. The first-order chi connectivity index (χ1) is 11.3. The lowest BCUT2D eigenvalue weighted by Gasteiger charge is -2.27. The number of nitrogens with one attached hydrogen (secondary N) is 1. The molecule has 0 spiro atoms. The van der Waals surface area contributed by atoms with Gasteiger partial charge >= 0.3 is 0 Å². The molecule has 0 bridgehead atoms. The van der Waals surface area contributed by atoms with E-state index in [0.29, 0.717) is 0 Å². The Bertz CT molecular complexity index is 854. The third-order valence-corrected chi connectivity index (χ3v) is 4.54. The lowest BCUT2D eigenvalue weighted by molar-refractivity contribution is 0.749. The fraction of sp³-hybridized carbons (Fsp3) is 0.0500.